The largest absolute Gasteiger partial charge is 0.370 e. The quantitative estimate of drug-likeness (QED) is 0.941. The zero-order valence-electron chi connectivity index (χ0n) is 12.0. The zero-order valence-corrected chi connectivity index (χ0v) is 12.8. The number of hydrogen-bond acceptors (Lipinski definition) is 4. The van der Waals surface area contributed by atoms with Crippen molar-refractivity contribution < 1.29 is 14.3 Å². The minimum Gasteiger partial charge on any atom is -0.370 e. The first-order valence-electron chi connectivity index (χ1n) is 7.03. The molecule has 1 aliphatic rings. The monoisotopic (exact) mass is 316 g/mol. The van der Waals surface area contributed by atoms with Crippen molar-refractivity contribution >= 4 is 34.5 Å². The molecule has 2 aromatic rings. The summed E-state index contributed by atoms with van der Waals surface area (Å²) in [5, 5.41) is 4.82. The van der Waals surface area contributed by atoms with Crippen molar-refractivity contribution in [2.75, 3.05) is 30.0 Å². The van der Waals surface area contributed by atoms with Gasteiger partial charge in [0.25, 0.3) is 5.91 Å². The SMILES string of the molecule is O=C(Cc1cccs1)Nc1ccc(N2CCOCC2=O)cc1. The molecule has 1 fully saturated rings. The predicted octanol–water partition coefficient (Wildman–Crippen LogP) is 2.29. The van der Waals surface area contributed by atoms with Gasteiger partial charge in [-0.1, -0.05) is 6.07 Å². The van der Waals surface area contributed by atoms with Crippen molar-refractivity contribution in [3.05, 3.63) is 46.7 Å². The Morgan fingerprint density at radius 2 is 2.09 bits per heavy atom. The number of nitrogens with one attached hydrogen (secondary N) is 1. The lowest BCUT2D eigenvalue weighted by Crippen LogP contribution is -2.41. The van der Waals surface area contributed by atoms with Crippen LogP contribution in [0.3, 0.4) is 0 Å². The van der Waals surface area contributed by atoms with Crippen molar-refractivity contribution in [2.24, 2.45) is 0 Å². The Bertz CT molecular complexity index is 653. The Morgan fingerprint density at radius 1 is 1.27 bits per heavy atom. The van der Waals surface area contributed by atoms with E-state index in [1.54, 1.807) is 16.2 Å². The molecule has 22 heavy (non-hydrogen) atoms. The highest BCUT2D eigenvalue weighted by molar-refractivity contribution is 7.10. The van der Waals surface area contributed by atoms with E-state index in [-0.39, 0.29) is 18.4 Å². The number of hydrogen-bond donors (Lipinski definition) is 1. The van der Waals surface area contributed by atoms with E-state index in [0.717, 1.165) is 16.3 Å². The third kappa shape index (κ3) is 3.52. The second-order valence-corrected chi connectivity index (χ2v) is 5.98. The van der Waals surface area contributed by atoms with Crippen LogP contribution in [0.4, 0.5) is 11.4 Å². The van der Waals surface area contributed by atoms with Gasteiger partial charge in [0.1, 0.15) is 6.61 Å². The van der Waals surface area contributed by atoms with Gasteiger partial charge in [-0.15, -0.1) is 11.3 Å². The third-order valence-electron chi connectivity index (χ3n) is 3.36. The summed E-state index contributed by atoms with van der Waals surface area (Å²) in [5.41, 5.74) is 1.55. The highest BCUT2D eigenvalue weighted by Gasteiger charge is 2.19. The average Bonchev–Trinajstić information content (AvgIpc) is 3.01. The molecule has 0 spiro atoms. The van der Waals surface area contributed by atoms with Gasteiger partial charge in [0.05, 0.1) is 13.0 Å². The number of morpholine rings is 1. The Balaban J connectivity index is 1.61. The summed E-state index contributed by atoms with van der Waals surface area (Å²) in [5.74, 6) is -0.0848. The van der Waals surface area contributed by atoms with Crippen LogP contribution in [0, 0.1) is 0 Å². The number of benzene rings is 1. The van der Waals surface area contributed by atoms with E-state index in [0.29, 0.717) is 19.6 Å². The van der Waals surface area contributed by atoms with Crippen molar-refractivity contribution in [1.82, 2.24) is 0 Å². The molecule has 0 bridgehead atoms. The summed E-state index contributed by atoms with van der Waals surface area (Å²) in [4.78, 5) is 26.4. The van der Waals surface area contributed by atoms with Crippen molar-refractivity contribution in [3.8, 4) is 0 Å². The van der Waals surface area contributed by atoms with Crippen LogP contribution in [0.25, 0.3) is 0 Å². The number of ether oxygens (including phenoxy) is 1. The van der Waals surface area contributed by atoms with Crippen LogP contribution in [0.1, 0.15) is 4.88 Å². The van der Waals surface area contributed by atoms with Gasteiger partial charge < -0.3 is 15.0 Å². The van der Waals surface area contributed by atoms with Gasteiger partial charge in [-0.3, -0.25) is 9.59 Å². The highest BCUT2D eigenvalue weighted by Crippen LogP contribution is 2.20. The molecule has 114 valence electrons. The Labute approximate surface area is 132 Å². The van der Waals surface area contributed by atoms with E-state index >= 15 is 0 Å². The van der Waals surface area contributed by atoms with Crippen LogP contribution in [0.2, 0.25) is 0 Å². The molecule has 2 heterocycles. The molecule has 1 saturated heterocycles. The van der Waals surface area contributed by atoms with Gasteiger partial charge in [-0.2, -0.15) is 0 Å². The number of carbonyl (C=O) groups is 2. The van der Waals surface area contributed by atoms with Gasteiger partial charge in [0.2, 0.25) is 5.91 Å². The molecule has 5 nitrogen and oxygen atoms in total. The van der Waals surface area contributed by atoms with Crippen molar-refractivity contribution in [1.29, 1.82) is 0 Å². The van der Waals surface area contributed by atoms with E-state index in [2.05, 4.69) is 5.32 Å². The molecule has 0 atom stereocenters. The van der Waals surface area contributed by atoms with Gasteiger partial charge in [-0.25, -0.2) is 0 Å². The number of thiophene rings is 1. The molecule has 0 radical (unpaired) electrons. The Hall–Kier alpha value is -2.18. The number of anilines is 2. The number of carbonyl (C=O) groups excluding carboxylic acids is 2. The lowest BCUT2D eigenvalue weighted by molar-refractivity contribution is -0.125. The first-order valence-corrected chi connectivity index (χ1v) is 7.91. The molecule has 1 N–H and O–H groups in total. The molecular formula is C16H16N2O3S. The number of rotatable bonds is 4. The highest BCUT2D eigenvalue weighted by atomic mass is 32.1. The van der Waals surface area contributed by atoms with Crippen LogP contribution in [-0.2, 0) is 20.7 Å². The summed E-state index contributed by atoms with van der Waals surface area (Å²) in [6.45, 7) is 1.23. The maximum atomic E-state index is 11.9. The fourth-order valence-corrected chi connectivity index (χ4v) is 3.00. The summed E-state index contributed by atoms with van der Waals surface area (Å²) in [6.07, 6.45) is 0.376. The summed E-state index contributed by atoms with van der Waals surface area (Å²) < 4.78 is 5.11. The van der Waals surface area contributed by atoms with E-state index in [1.807, 2.05) is 41.8 Å². The third-order valence-corrected chi connectivity index (χ3v) is 4.24. The van der Waals surface area contributed by atoms with Crippen molar-refractivity contribution in [3.63, 3.8) is 0 Å². The second kappa shape index (κ2) is 6.72. The normalized spacial score (nSPS) is 14.9. The molecule has 0 saturated carbocycles. The summed E-state index contributed by atoms with van der Waals surface area (Å²) >= 11 is 1.57. The standard InChI is InChI=1S/C16H16N2O3S/c19-15(10-14-2-1-9-22-14)17-12-3-5-13(6-4-12)18-7-8-21-11-16(18)20/h1-6,9H,7-8,10-11H2,(H,17,19). The first-order chi connectivity index (χ1) is 10.7. The maximum absolute atomic E-state index is 11.9. The van der Waals surface area contributed by atoms with Gasteiger partial charge in [0.15, 0.2) is 0 Å². The van der Waals surface area contributed by atoms with E-state index in [1.165, 1.54) is 0 Å². The second-order valence-electron chi connectivity index (χ2n) is 4.95. The minimum atomic E-state index is -0.0438. The number of nitrogens with zero attached hydrogens (tertiary/aromatic N) is 1. The first kappa shape index (κ1) is 14.7. The molecule has 3 rings (SSSR count). The fraction of sp³-hybridized carbons (Fsp3) is 0.250. The molecule has 1 aliphatic heterocycles. The van der Waals surface area contributed by atoms with E-state index < -0.39 is 0 Å². The van der Waals surface area contributed by atoms with Crippen LogP contribution in [0.15, 0.2) is 41.8 Å². The molecule has 1 aromatic heterocycles. The molecule has 2 amide bonds. The summed E-state index contributed by atoms with van der Waals surface area (Å²) in [7, 11) is 0. The number of amides is 2. The molecule has 6 heteroatoms. The molecule has 0 aliphatic carbocycles. The van der Waals surface area contributed by atoms with Crippen molar-refractivity contribution in [2.45, 2.75) is 6.42 Å². The van der Waals surface area contributed by atoms with E-state index in [9.17, 15) is 9.59 Å². The average molecular weight is 316 g/mol. The van der Waals surface area contributed by atoms with Crippen LogP contribution in [-0.4, -0.2) is 31.6 Å². The van der Waals surface area contributed by atoms with Crippen LogP contribution < -0.4 is 10.2 Å². The zero-order chi connectivity index (χ0) is 15.4. The molecule has 0 unspecified atom stereocenters. The van der Waals surface area contributed by atoms with Crippen LogP contribution in [0.5, 0.6) is 0 Å². The lowest BCUT2D eigenvalue weighted by atomic mass is 10.2. The predicted molar refractivity (Wildman–Crippen MR) is 86.3 cm³/mol. The van der Waals surface area contributed by atoms with Crippen LogP contribution >= 0.6 is 11.3 Å². The van der Waals surface area contributed by atoms with Gasteiger partial charge in [-0.05, 0) is 35.7 Å². The Kier molecular flexibility index (Phi) is 4.50. The van der Waals surface area contributed by atoms with Gasteiger partial charge in [0, 0.05) is 22.8 Å². The topological polar surface area (TPSA) is 58.6 Å². The maximum Gasteiger partial charge on any atom is 0.253 e. The summed E-state index contributed by atoms with van der Waals surface area (Å²) in [6, 6.07) is 11.2. The van der Waals surface area contributed by atoms with Gasteiger partial charge >= 0.3 is 0 Å². The Morgan fingerprint density at radius 3 is 2.77 bits per heavy atom. The molecule has 1 aromatic carbocycles. The lowest BCUT2D eigenvalue weighted by Gasteiger charge is -2.26. The van der Waals surface area contributed by atoms with E-state index in [4.69, 9.17) is 4.74 Å². The minimum absolute atomic E-state index is 0.0410. The smallest absolute Gasteiger partial charge is 0.253 e. The molecular weight excluding hydrogens is 300 g/mol. The fourth-order valence-electron chi connectivity index (χ4n) is 2.29.